The van der Waals surface area contributed by atoms with E-state index in [-0.39, 0.29) is 6.10 Å². The highest BCUT2D eigenvalue weighted by atomic mass is 79.9. The average molecular weight is 468 g/mol. The second kappa shape index (κ2) is 8.45. The van der Waals surface area contributed by atoms with E-state index in [1.54, 1.807) is 0 Å². The predicted octanol–water partition coefficient (Wildman–Crippen LogP) is 5.14. The summed E-state index contributed by atoms with van der Waals surface area (Å²) in [6.07, 6.45) is 4.75. The number of benzene rings is 2. The van der Waals surface area contributed by atoms with Gasteiger partial charge in [-0.05, 0) is 92.9 Å². The first-order valence-corrected chi connectivity index (χ1v) is 11.9. The first kappa shape index (κ1) is 20.2. The number of aromatic nitrogens is 2. The molecule has 1 fully saturated rings. The van der Waals surface area contributed by atoms with Crippen LogP contribution in [0.15, 0.2) is 40.9 Å². The van der Waals surface area contributed by atoms with Gasteiger partial charge in [0.2, 0.25) is 0 Å². The van der Waals surface area contributed by atoms with E-state index in [9.17, 15) is 0 Å². The minimum Gasteiger partial charge on any atom is -0.375 e. The summed E-state index contributed by atoms with van der Waals surface area (Å²) in [7, 11) is 0. The van der Waals surface area contributed by atoms with E-state index in [0.29, 0.717) is 12.0 Å². The number of hydrogen-bond acceptors (Lipinski definition) is 3. The number of aryl methyl sites for hydroxylation is 2. The van der Waals surface area contributed by atoms with Crippen LogP contribution < -0.4 is 5.32 Å². The molecule has 1 unspecified atom stereocenters. The maximum atomic E-state index is 6.51. The minimum atomic E-state index is 0.189. The van der Waals surface area contributed by atoms with Crippen LogP contribution in [0, 0.1) is 19.8 Å². The van der Waals surface area contributed by atoms with Gasteiger partial charge in [0.1, 0.15) is 5.82 Å². The minimum absolute atomic E-state index is 0.189. The first-order valence-electron chi connectivity index (χ1n) is 11.1. The maximum absolute atomic E-state index is 6.51. The summed E-state index contributed by atoms with van der Waals surface area (Å²) >= 11 is 3.60. The standard InChI is InChI=1S/C25H30BrN3O/c1-16-3-6-23-22(11-16)28-17(2)29(23)24-7-9-27-15-25(24)30-10-8-18-12-19-4-5-21(26)14-20(19)13-18/h3-6,11,14,18,24-25,27H,7-10,12-13,15H2,1-2H3/t18?,24-,25-/m1/s1. The fraction of sp³-hybridized carbons (Fsp3) is 0.480. The Kier molecular flexibility index (Phi) is 5.69. The van der Waals surface area contributed by atoms with Crippen LogP contribution in [0.5, 0.6) is 0 Å². The predicted molar refractivity (Wildman–Crippen MR) is 125 cm³/mol. The number of rotatable bonds is 5. The molecule has 0 bridgehead atoms. The van der Waals surface area contributed by atoms with Gasteiger partial charge in [0.05, 0.1) is 23.2 Å². The molecule has 5 heteroatoms. The largest absolute Gasteiger partial charge is 0.375 e. The Morgan fingerprint density at radius 2 is 2.00 bits per heavy atom. The Labute approximate surface area is 187 Å². The summed E-state index contributed by atoms with van der Waals surface area (Å²) < 4.78 is 10.1. The Balaban J connectivity index is 1.26. The number of nitrogens with zero attached hydrogens (tertiary/aromatic N) is 2. The highest BCUT2D eigenvalue weighted by molar-refractivity contribution is 9.10. The Morgan fingerprint density at radius 1 is 1.13 bits per heavy atom. The third-order valence-corrected chi connectivity index (χ3v) is 7.28. The lowest BCUT2D eigenvalue weighted by Crippen LogP contribution is -2.43. The summed E-state index contributed by atoms with van der Waals surface area (Å²) in [4.78, 5) is 4.84. The molecule has 2 aromatic carbocycles. The first-order chi connectivity index (χ1) is 14.6. The molecule has 2 aliphatic rings. The second-order valence-electron chi connectivity index (χ2n) is 8.97. The number of nitrogens with one attached hydrogen (secondary N) is 1. The summed E-state index contributed by atoms with van der Waals surface area (Å²) in [6.45, 7) is 7.02. The van der Waals surface area contributed by atoms with Gasteiger partial charge in [-0.25, -0.2) is 4.98 Å². The van der Waals surface area contributed by atoms with Crippen molar-refractivity contribution in [3.05, 3.63) is 63.4 Å². The molecule has 158 valence electrons. The lowest BCUT2D eigenvalue weighted by molar-refractivity contribution is -0.00190. The van der Waals surface area contributed by atoms with Gasteiger partial charge in [-0.15, -0.1) is 0 Å². The third-order valence-electron chi connectivity index (χ3n) is 6.79. The Morgan fingerprint density at radius 3 is 2.90 bits per heavy atom. The fourth-order valence-electron chi connectivity index (χ4n) is 5.30. The van der Waals surface area contributed by atoms with Gasteiger partial charge >= 0.3 is 0 Å². The number of hydrogen-bond donors (Lipinski definition) is 1. The summed E-state index contributed by atoms with van der Waals surface area (Å²) in [5.41, 5.74) is 6.60. The van der Waals surface area contributed by atoms with Crippen molar-refractivity contribution in [3.63, 3.8) is 0 Å². The van der Waals surface area contributed by atoms with Crippen LogP contribution in [0.3, 0.4) is 0 Å². The van der Waals surface area contributed by atoms with Crippen molar-refractivity contribution in [2.45, 2.75) is 51.7 Å². The zero-order chi connectivity index (χ0) is 20.7. The SMILES string of the molecule is Cc1ccc2c(c1)nc(C)n2[C@@H]1CCNC[C@H]1OCCC1Cc2ccc(Br)cc2C1. The zero-order valence-electron chi connectivity index (χ0n) is 17.8. The molecule has 3 aromatic rings. The molecule has 1 aliphatic carbocycles. The molecule has 5 rings (SSSR count). The molecule has 1 aliphatic heterocycles. The van der Waals surface area contributed by atoms with E-state index in [4.69, 9.17) is 9.72 Å². The van der Waals surface area contributed by atoms with E-state index in [0.717, 1.165) is 43.9 Å². The van der Waals surface area contributed by atoms with E-state index < -0.39 is 0 Å². The smallest absolute Gasteiger partial charge is 0.107 e. The van der Waals surface area contributed by atoms with Gasteiger partial charge in [-0.1, -0.05) is 28.1 Å². The van der Waals surface area contributed by atoms with Gasteiger partial charge in [-0.2, -0.15) is 0 Å². The van der Waals surface area contributed by atoms with Crippen molar-refractivity contribution in [1.29, 1.82) is 0 Å². The third kappa shape index (κ3) is 3.95. The topological polar surface area (TPSA) is 39.1 Å². The summed E-state index contributed by atoms with van der Waals surface area (Å²) in [6, 6.07) is 13.7. The molecule has 2 heterocycles. The number of fused-ring (bicyclic) bond motifs is 2. The van der Waals surface area contributed by atoms with Gasteiger partial charge in [0.15, 0.2) is 0 Å². The molecule has 1 saturated heterocycles. The van der Waals surface area contributed by atoms with Crippen molar-refractivity contribution in [2.75, 3.05) is 19.7 Å². The molecule has 30 heavy (non-hydrogen) atoms. The summed E-state index contributed by atoms with van der Waals surface area (Å²) in [5.74, 6) is 1.79. The highest BCUT2D eigenvalue weighted by Crippen LogP contribution is 2.32. The number of piperidine rings is 1. The molecule has 1 aromatic heterocycles. The number of ether oxygens (including phenoxy) is 1. The molecule has 0 saturated carbocycles. The van der Waals surface area contributed by atoms with Crippen LogP contribution in [-0.4, -0.2) is 35.4 Å². The normalized spacial score (nSPS) is 23.8. The molecular weight excluding hydrogens is 438 g/mol. The van der Waals surface area contributed by atoms with E-state index in [1.807, 2.05) is 0 Å². The van der Waals surface area contributed by atoms with Crippen LogP contribution in [0.4, 0.5) is 0 Å². The van der Waals surface area contributed by atoms with Crippen molar-refractivity contribution in [3.8, 4) is 0 Å². The molecule has 0 radical (unpaired) electrons. The molecular formula is C25H30BrN3O. The maximum Gasteiger partial charge on any atom is 0.107 e. The van der Waals surface area contributed by atoms with Crippen LogP contribution in [0.2, 0.25) is 0 Å². The molecule has 4 nitrogen and oxygen atoms in total. The number of imidazole rings is 1. The molecule has 1 N–H and O–H groups in total. The van der Waals surface area contributed by atoms with Crippen LogP contribution in [0.1, 0.15) is 41.4 Å². The van der Waals surface area contributed by atoms with E-state index in [1.165, 1.54) is 39.5 Å². The quantitative estimate of drug-likeness (QED) is 0.564. The van der Waals surface area contributed by atoms with E-state index >= 15 is 0 Å². The van der Waals surface area contributed by atoms with Crippen LogP contribution in [-0.2, 0) is 17.6 Å². The molecule has 0 amide bonds. The van der Waals surface area contributed by atoms with Gasteiger partial charge in [0, 0.05) is 17.6 Å². The Bertz CT molecular complexity index is 1060. The van der Waals surface area contributed by atoms with Gasteiger partial charge in [-0.3, -0.25) is 0 Å². The lowest BCUT2D eigenvalue weighted by Gasteiger charge is -2.34. The molecule has 0 spiro atoms. The van der Waals surface area contributed by atoms with Crippen molar-refractivity contribution in [1.82, 2.24) is 14.9 Å². The van der Waals surface area contributed by atoms with Crippen LogP contribution >= 0.6 is 15.9 Å². The average Bonchev–Trinajstić information content (AvgIpc) is 3.27. The van der Waals surface area contributed by atoms with E-state index in [2.05, 4.69) is 76.1 Å². The van der Waals surface area contributed by atoms with Crippen molar-refractivity contribution >= 4 is 27.0 Å². The van der Waals surface area contributed by atoms with Crippen LogP contribution in [0.25, 0.3) is 11.0 Å². The van der Waals surface area contributed by atoms with Gasteiger partial charge in [0.25, 0.3) is 0 Å². The lowest BCUT2D eigenvalue weighted by atomic mass is 10.0. The Hall–Kier alpha value is -1.69. The second-order valence-corrected chi connectivity index (χ2v) is 9.88. The monoisotopic (exact) mass is 467 g/mol. The molecule has 3 atom stereocenters. The van der Waals surface area contributed by atoms with Gasteiger partial charge < -0.3 is 14.6 Å². The van der Waals surface area contributed by atoms with Crippen molar-refractivity contribution in [2.24, 2.45) is 5.92 Å². The highest BCUT2D eigenvalue weighted by Gasteiger charge is 2.30. The zero-order valence-corrected chi connectivity index (χ0v) is 19.4. The summed E-state index contributed by atoms with van der Waals surface area (Å²) in [5, 5.41) is 3.54. The fourth-order valence-corrected chi connectivity index (χ4v) is 5.71. The number of halogens is 1. The van der Waals surface area contributed by atoms with Crippen molar-refractivity contribution < 1.29 is 4.74 Å².